The van der Waals surface area contributed by atoms with E-state index in [2.05, 4.69) is 16.3 Å². The number of halogens is 1. The number of carboxylic acids is 3. The number of benzene rings is 1. The van der Waals surface area contributed by atoms with Gasteiger partial charge in [-0.05, 0) is 68.4 Å². The first-order valence-electron chi connectivity index (χ1n) is 14.7. The molecule has 1 aromatic carbocycles. The molecule has 2 aromatic rings. The number of nitrogens with zero attached hydrogens (tertiary/aromatic N) is 2. The Morgan fingerprint density at radius 1 is 1.18 bits per heavy atom. The number of aliphatic carboxylic acids is 3. The zero-order valence-electron chi connectivity index (χ0n) is 25.3. The maximum absolute atomic E-state index is 15.7. The van der Waals surface area contributed by atoms with Crippen molar-refractivity contribution in [1.82, 2.24) is 9.88 Å². The molecule has 2 aliphatic rings. The first-order chi connectivity index (χ1) is 21.0. The van der Waals surface area contributed by atoms with Crippen LogP contribution >= 0.6 is 0 Å². The Labute approximate surface area is 256 Å². The minimum Gasteiger partial charge on any atom is -0.491 e. The summed E-state index contributed by atoms with van der Waals surface area (Å²) in [6.45, 7) is 4.50. The van der Waals surface area contributed by atoms with Gasteiger partial charge in [0, 0.05) is 56.5 Å². The van der Waals surface area contributed by atoms with Crippen molar-refractivity contribution in [2.24, 2.45) is 0 Å². The number of pyridine rings is 1. The quantitative estimate of drug-likeness (QED) is 0.179. The highest BCUT2D eigenvalue weighted by Gasteiger charge is 2.39. The predicted molar refractivity (Wildman–Crippen MR) is 162 cm³/mol. The first kappa shape index (κ1) is 34.5. The lowest BCUT2D eigenvalue weighted by atomic mass is 9.94. The maximum atomic E-state index is 15.7. The predicted octanol–water partition coefficient (Wildman–Crippen LogP) is 4.17. The lowest BCUT2D eigenvalue weighted by Gasteiger charge is -2.25. The minimum absolute atomic E-state index is 0.0106. The Kier molecular flexibility index (Phi) is 13.1. The summed E-state index contributed by atoms with van der Waals surface area (Å²) < 4.78 is 26.4. The van der Waals surface area contributed by atoms with Crippen LogP contribution in [0.4, 0.5) is 10.2 Å². The second kappa shape index (κ2) is 16.7. The lowest BCUT2D eigenvalue weighted by Crippen LogP contribution is -2.32. The largest absolute Gasteiger partial charge is 0.491 e. The zero-order chi connectivity index (χ0) is 32.1. The number of aryl methyl sites for hydroxylation is 2. The molecule has 4 N–H and O–H groups in total. The summed E-state index contributed by atoms with van der Waals surface area (Å²) in [6.07, 6.45) is 4.26. The summed E-state index contributed by atoms with van der Waals surface area (Å²) in [4.78, 5) is 38.0. The molecule has 0 unspecified atom stereocenters. The van der Waals surface area contributed by atoms with Crippen LogP contribution < -0.4 is 10.1 Å². The number of carboxylic acid groups (broad SMARTS) is 3. The molecule has 1 saturated heterocycles. The molecule has 0 amide bonds. The van der Waals surface area contributed by atoms with E-state index in [1.54, 1.807) is 7.11 Å². The Bertz CT molecular complexity index is 1320. The van der Waals surface area contributed by atoms with Gasteiger partial charge >= 0.3 is 17.9 Å². The average molecular weight is 616 g/mol. The van der Waals surface area contributed by atoms with Crippen molar-refractivity contribution in [2.45, 2.75) is 57.0 Å². The molecule has 0 aliphatic carbocycles. The van der Waals surface area contributed by atoms with E-state index in [0.717, 1.165) is 36.5 Å². The van der Waals surface area contributed by atoms with Gasteiger partial charge in [0.2, 0.25) is 0 Å². The van der Waals surface area contributed by atoms with E-state index in [-0.39, 0.29) is 17.9 Å². The summed E-state index contributed by atoms with van der Waals surface area (Å²) in [6, 6.07) is 11.7. The number of anilines is 1. The number of alkyl halides is 1. The van der Waals surface area contributed by atoms with Crippen molar-refractivity contribution in [3.63, 3.8) is 0 Å². The molecule has 4 rings (SSSR count). The van der Waals surface area contributed by atoms with Gasteiger partial charge < -0.3 is 30.1 Å². The molecule has 0 saturated carbocycles. The third-order valence-electron chi connectivity index (χ3n) is 7.63. The van der Waals surface area contributed by atoms with Crippen molar-refractivity contribution in [3.8, 4) is 5.75 Å². The third-order valence-corrected chi connectivity index (χ3v) is 7.63. The standard InChI is InChI=1S/C27H36FN3O4.C5H6O4/c1-34-14-15-35-24-6-2-4-21(16-24)22(17-25(32)33)18-31-13-11-27(28,19-31)10-9-23-8-7-20-5-3-12-29-26(20)30-23;1-3(5(8)9)2-4(6)7/h2,4,6-8,16,22H,3,5,9-15,17-19H2,1H3,(H,29,30)(H,32,33);2H,1H3,(H,6,7)(H,8,9)/b;3-2-/t22-,27+;/m1./s1. The van der Waals surface area contributed by atoms with Crippen molar-refractivity contribution >= 4 is 23.7 Å². The van der Waals surface area contributed by atoms with E-state index in [1.807, 2.05) is 30.3 Å². The second-order valence-electron chi connectivity index (χ2n) is 11.2. The van der Waals surface area contributed by atoms with E-state index in [0.29, 0.717) is 63.9 Å². The van der Waals surface area contributed by atoms with E-state index in [9.17, 15) is 19.5 Å². The number of nitrogens with one attached hydrogen (secondary N) is 1. The normalized spacial score (nSPS) is 18.8. The van der Waals surface area contributed by atoms with Gasteiger partial charge in [0.15, 0.2) is 0 Å². The van der Waals surface area contributed by atoms with Gasteiger partial charge in [-0.1, -0.05) is 18.2 Å². The monoisotopic (exact) mass is 615 g/mol. The second-order valence-corrected chi connectivity index (χ2v) is 11.2. The first-order valence-corrected chi connectivity index (χ1v) is 14.7. The smallest absolute Gasteiger partial charge is 0.331 e. The maximum Gasteiger partial charge on any atom is 0.331 e. The van der Waals surface area contributed by atoms with E-state index < -0.39 is 23.6 Å². The number of fused-ring (bicyclic) bond motifs is 1. The average Bonchev–Trinajstić information content (AvgIpc) is 3.36. The number of rotatable bonds is 14. The molecule has 0 radical (unpaired) electrons. The van der Waals surface area contributed by atoms with E-state index >= 15 is 4.39 Å². The number of carbonyl (C=O) groups is 3. The third kappa shape index (κ3) is 11.2. The van der Waals surface area contributed by atoms with Crippen molar-refractivity contribution in [2.75, 3.05) is 51.8 Å². The fraction of sp³-hybridized carbons (Fsp3) is 0.500. The molecule has 3 heterocycles. The summed E-state index contributed by atoms with van der Waals surface area (Å²) >= 11 is 0. The number of hydrogen-bond donors (Lipinski definition) is 4. The zero-order valence-corrected chi connectivity index (χ0v) is 25.3. The van der Waals surface area contributed by atoms with Gasteiger partial charge in [-0.25, -0.2) is 19.0 Å². The Morgan fingerprint density at radius 2 is 1.98 bits per heavy atom. The molecule has 44 heavy (non-hydrogen) atoms. The number of methoxy groups -OCH3 is 1. The van der Waals surface area contributed by atoms with E-state index in [1.165, 1.54) is 12.5 Å². The molecule has 11 nitrogen and oxygen atoms in total. The van der Waals surface area contributed by atoms with Crippen LogP contribution in [0.25, 0.3) is 0 Å². The van der Waals surface area contributed by atoms with Gasteiger partial charge in [0.1, 0.15) is 23.8 Å². The van der Waals surface area contributed by atoms with Gasteiger partial charge in [-0.2, -0.15) is 0 Å². The fourth-order valence-corrected chi connectivity index (χ4v) is 5.30. The summed E-state index contributed by atoms with van der Waals surface area (Å²) in [5, 5.41) is 28.9. The molecule has 2 atom stereocenters. The highest BCUT2D eigenvalue weighted by atomic mass is 19.1. The van der Waals surface area contributed by atoms with Crippen LogP contribution in [0, 0.1) is 0 Å². The highest BCUT2D eigenvalue weighted by Crippen LogP contribution is 2.33. The summed E-state index contributed by atoms with van der Waals surface area (Å²) in [5.74, 6) is -1.93. The molecule has 2 aliphatic heterocycles. The molecular formula is C32H42FN3O8. The number of ether oxygens (including phenoxy) is 2. The molecule has 240 valence electrons. The number of aromatic nitrogens is 1. The Balaban J connectivity index is 0.000000512. The minimum atomic E-state index is -1.29. The Morgan fingerprint density at radius 3 is 2.66 bits per heavy atom. The molecule has 0 spiro atoms. The van der Waals surface area contributed by atoms with Crippen LogP contribution in [0.2, 0.25) is 0 Å². The van der Waals surface area contributed by atoms with Crippen LogP contribution in [0.5, 0.6) is 5.75 Å². The molecular weight excluding hydrogens is 573 g/mol. The fourth-order valence-electron chi connectivity index (χ4n) is 5.30. The van der Waals surface area contributed by atoms with Crippen LogP contribution in [0.1, 0.15) is 55.3 Å². The molecule has 1 aromatic heterocycles. The van der Waals surface area contributed by atoms with Crippen LogP contribution in [0.15, 0.2) is 48.0 Å². The van der Waals surface area contributed by atoms with Crippen LogP contribution in [-0.2, 0) is 32.0 Å². The topological polar surface area (TPSA) is 159 Å². The summed E-state index contributed by atoms with van der Waals surface area (Å²) in [7, 11) is 1.62. The van der Waals surface area contributed by atoms with Crippen LogP contribution in [0.3, 0.4) is 0 Å². The van der Waals surface area contributed by atoms with Gasteiger partial charge in [-0.3, -0.25) is 9.69 Å². The SMILES string of the molecule is C/C(=C/C(=O)O)C(=O)O.COCCOc1cccc([C@H](CC(=O)O)CN2CC[C@@](F)(CCc3ccc4c(n3)NCCC4)C2)c1. The van der Waals surface area contributed by atoms with Crippen molar-refractivity contribution in [3.05, 3.63) is 64.9 Å². The van der Waals surface area contributed by atoms with Crippen molar-refractivity contribution in [1.29, 1.82) is 0 Å². The lowest BCUT2D eigenvalue weighted by molar-refractivity contribution is -0.137. The van der Waals surface area contributed by atoms with Gasteiger partial charge in [0.25, 0.3) is 0 Å². The van der Waals surface area contributed by atoms with E-state index in [4.69, 9.17) is 24.7 Å². The molecule has 0 bridgehead atoms. The number of likely N-dealkylation sites (tertiary alicyclic amines) is 1. The summed E-state index contributed by atoms with van der Waals surface area (Å²) in [5.41, 5.74) is 1.58. The molecule has 12 heteroatoms. The van der Waals surface area contributed by atoms with Crippen molar-refractivity contribution < 1.29 is 43.6 Å². The van der Waals surface area contributed by atoms with Gasteiger partial charge in [-0.15, -0.1) is 0 Å². The Hall–Kier alpha value is -4.03. The molecule has 1 fully saturated rings. The van der Waals surface area contributed by atoms with Crippen LogP contribution in [-0.4, -0.2) is 95.3 Å². The highest BCUT2D eigenvalue weighted by molar-refractivity contribution is 5.94. The number of hydrogen-bond acceptors (Lipinski definition) is 8. The van der Waals surface area contributed by atoms with Gasteiger partial charge in [0.05, 0.1) is 13.0 Å².